The predicted molar refractivity (Wildman–Crippen MR) is 80.9 cm³/mol. The van der Waals surface area contributed by atoms with Crippen molar-refractivity contribution in [2.75, 3.05) is 5.73 Å². The minimum absolute atomic E-state index is 0.163. The molecule has 0 spiro atoms. The van der Waals surface area contributed by atoms with Crippen molar-refractivity contribution in [3.05, 3.63) is 53.3 Å². The van der Waals surface area contributed by atoms with Gasteiger partial charge in [-0.05, 0) is 37.5 Å². The number of hydrogen-bond donors (Lipinski definition) is 1. The van der Waals surface area contributed by atoms with Crippen LogP contribution in [0.5, 0.6) is 0 Å². The van der Waals surface area contributed by atoms with Crippen LogP contribution < -0.4 is 5.73 Å². The number of benzene rings is 1. The van der Waals surface area contributed by atoms with Gasteiger partial charge >= 0.3 is 0 Å². The first-order valence-electron chi connectivity index (χ1n) is 6.83. The Bertz CT molecular complexity index is 555. The number of carbonyl (C=O) groups excluding carboxylic acids is 1. The van der Waals surface area contributed by atoms with Crippen LogP contribution in [0.4, 0.5) is 5.69 Å². The monoisotopic (exact) mass is 271 g/mol. The molecule has 3 heteroatoms. The second kappa shape index (κ2) is 5.95. The minimum Gasteiger partial charge on any atom is -0.493 e. The Morgan fingerprint density at radius 2 is 2.00 bits per heavy atom. The first kappa shape index (κ1) is 14.4. The largest absolute Gasteiger partial charge is 0.493 e. The number of carbonyl (C=O) groups is 1. The quantitative estimate of drug-likeness (QED) is 0.672. The molecule has 0 bridgehead atoms. The van der Waals surface area contributed by atoms with E-state index >= 15 is 0 Å². The fourth-order valence-corrected chi connectivity index (χ4v) is 2.28. The average molecular weight is 271 g/mol. The molecule has 1 unspecified atom stereocenters. The summed E-state index contributed by atoms with van der Waals surface area (Å²) in [5, 5.41) is 0. The number of ether oxygens (including phenoxy) is 1. The van der Waals surface area contributed by atoms with Crippen LogP contribution in [-0.4, -0.2) is 5.78 Å². The number of allylic oxidation sites excluding steroid dienone is 3. The number of Topliss-reactive ketones (excluding diaryl/α,β-unsaturated/α-hetero) is 1. The molecule has 0 saturated carbocycles. The van der Waals surface area contributed by atoms with Crippen LogP contribution in [-0.2, 0) is 16.1 Å². The number of ketones is 1. The number of anilines is 1. The molecule has 2 rings (SSSR count). The lowest BCUT2D eigenvalue weighted by molar-refractivity contribution is -0.117. The highest BCUT2D eigenvalue weighted by molar-refractivity contribution is 5.96. The van der Waals surface area contributed by atoms with E-state index in [-0.39, 0.29) is 11.7 Å². The van der Waals surface area contributed by atoms with Gasteiger partial charge < -0.3 is 10.5 Å². The van der Waals surface area contributed by atoms with Crippen LogP contribution in [0.1, 0.15) is 32.3 Å². The van der Waals surface area contributed by atoms with Gasteiger partial charge in [0, 0.05) is 24.1 Å². The maximum Gasteiger partial charge on any atom is 0.162 e. The fraction of sp³-hybridized carbons (Fsp3) is 0.353. The van der Waals surface area contributed by atoms with Crippen LogP contribution in [0.3, 0.4) is 0 Å². The zero-order valence-corrected chi connectivity index (χ0v) is 12.1. The molecule has 0 saturated heterocycles. The molecule has 0 amide bonds. The normalized spacial score (nSPS) is 19.1. The third-order valence-corrected chi connectivity index (χ3v) is 3.79. The Labute approximate surface area is 120 Å². The molecule has 0 heterocycles. The Kier molecular flexibility index (Phi) is 4.28. The number of nitrogens with two attached hydrogens (primary N) is 1. The summed E-state index contributed by atoms with van der Waals surface area (Å²) < 4.78 is 5.85. The molecular weight excluding hydrogens is 250 g/mol. The van der Waals surface area contributed by atoms with E-state index in [2.05, 4.69) is 6.58 Å². The molecule has 2 N–H and O–H groups in total. The molecule has 1 aromatic carbocycles. The van der Waals surface area contributed by atoms with E-state index in [1.165, 1.54) is 0 Å². The van der Waals surface area contributed by atoms with Gasteiger partial charge in [-0.1, -0.05) is 24.3 Å². The van der Waals surface area contributed by atoms with Crippen molar-refractivity contribution < 1.29 is 9.53 Å². The van der Waals surface area contributed by atoms with Crippen molar-refractivity contribution in [1.82, 2.24) is 0 Å². The summed E-state index contributed by atoms with van der Waals surface area (Å²) >= 11 is 0. The average Bonchev–Trinajstić information content (AvgIpc) is 2.42. The highest BCUT2D eigenvalue weighted by atomic mass is 16.5. The molecule has 0 aliphatic heterocycles. The lowest BCUT2D eigenvalue weighted by atomic mass is 9.84. The van der Waals surface area contributed by atoms with Crippen LogP contribution in [0, 0.1) is 5.92 Å². The van der Waals surface area contributed by atoms with E-state index in [9.17, 15) is 4.79 Å². The minimum atomic E-state index is 0.163. The molecule has 1 atom stereocenters. The Hall–Kier alpha value is -2.03. The third-order valence-electron chi connectivity index (χ3n) is 3.79. The summed E-state index contributed by atoms with van der Waals surface area (Å²) in [4.78, 5) is 12.0. The van der Waals surface area contributed by atoms with Crippen molar-refractivity contribution in [3.63, 3.8) is 0 Å². The molecule has 3 nitrogen and oxygen atoms in total. The van der Waals surface area contributed by atoms with Crippen molar-refractivity contribution >= 4 is 11.5 Å². The molecule has 0 fully saturated rings. The van der Waals surface area contributed by atoms with Gasteiger partial charge in [-0.3, -0.25) is 4.79 Å². The van der Waals surface area contributed by atoms with Gasteiger partial charge in [0.15, 0.2) is 5.78 Å². The second-order valence-electron chi connectivity index (χ2n) is 5.45. The first-order valence-corrected chi connectivity index (χ1v) is 6.83. The van der Waals surface area contributed by atoms with Gasteiger partial charge in [0.2, 0.25) is 0 Å². The van der Waals surface area contributed by atoms with E-state index < -0.39 is 0 Å². The fourth-order valence-electron chi connectivity index (χ4n) is 2.28. The van der Waals surface area contributed by atoms with Crippen molar-refractivity contribution in [2.45, 2.75) is 33.3 Å². The smallest absolute Gasteiger partial charge is 0.162 e. The zero-order valence-electron chi connectivity index (χ0n) is 12.1. The Balaban J connectivity index is 2.06. The molecule has 1 aromatic rings. The van der Waals surface area contributed by atoms with Gasteiger partial charge in [0.1, 0.15) is 12.4 Å². The van der Waals surface area contributed by atoms with E-state index in [1.54, 1.807) is 0 Å². The SMILES string of the molecule is C=C(C)C1CC(=O)C(C)=C(OCc2ccc(N)cc2)C1. The molecule has 106 valence electrons. The van der Waals surface area contributed by atoms with Crippen molar-refractivity contribution in [3.8, 4) is 0 Å². The first-order chi connectivity index (χ1) is 9.47. The van der Waals surface area contributed by atoms with E-state index in [0.717, 1.165) is 34.6 Å². The highest BCUT2D eigenvalue weighted by Gasteiger charge is 2.26. The lowest BCUT2D eigenvalue weighted by Crippen LogP contribution is -2.20. The molecule has 0 radical (unpaired) electrons. The van der Waals surface area contributed by atoms with Gasteiger partial charge in [-0.15, -0.1) is 0 Å². The van der Waals surface area contributed by atoms with Gasteiger partial charge in [-0.2, -0.15) is 0 Å². The van der Waals surface area contributed by atoms with E-state index in [1.807, 2.05) is 38.1 Å². The van der Waals surface area contributed by atoms with Gasteiger partial charge in [0.05, 0.1) is 0 Å². The molecule has 0 aromatic heterocycles. The third kappa shape index (κ3) is 3.29. The summed E-state index contributed by atoms with van der Waals surface area (Å²) in [6, 6.07) is 7.57. The molecule has 1 aliphatic rings. The summed E-state index contributed by atoms with van der Waals surface area (Å²) in [6.45, 7) is 8.23. The predicted octanol–water partition coefficient (Wildman–Crippen LogP) is 3.61. The number of rotatable bonds is 4. The van der Waals surface area contributed by atoms with Crippen LogP contribution >= 0.6 is 0 Å². The summed E-state index contributed by atoms with van der Waals surface area (Å²) in [7, 11) is 0. The summed E-state index contributed by atoms with van der Waals surface area (Å²) in [5.74, 6) is 1.16. The zero-order chi connectivity index (χ0) is 14.7. The molecule has 1 aliphatic carbocycles. The lowest BCUT2D eigenvalue weighted by Gasteiger charge is -2.25. The highest BCUT2D eigenvalue weighted by Crippen LogP contribution is 2.32. The maximum absolute atomic E-state index is 12.0. The maximum atomic E-state index is 12.0. The van der Waals surface area contributed by atoms with Crippen molar-refractivity contribution in [1.29, 1.82) is 0 Å². The van der Waals surface area contributed by atoms with Crippen LogP contribution in [0.2, 0.25) is 0 Å². The van der Waals surface area contributed by atoms with E-state index in [4.69, 9.17) is 10.5 Å². The van der Waals surface area contributed by atoms with Gasteiger partial charge in [0.25, 0.3) is 0 Å². The second-order valence-corrected chi connectivity index (χ2v) is 5.45. The summed E-state index contributed by atoms with van der Waals surface area (Å²) in [5.41, 5.74) is 9.22. The standard InChI is InChI=1S/C17H21NO2/c1-11(2)14-8-16(19)12(3)17(9-14)20-10-13-4-6-15(18)7-5-13/h4-7,14H,1,8-10,18H2,2-3H3. The Morgan fingerprint density at radius 1 is 1.35 bits per heavy atom. The van der Waals surface area contributed by atoms with Gasteiger partial charge in [-0.25, -0.2) is 0 Å². The van der Waals surface area contributed by atoms with Crippen LogP contribution in [0.15, 0.2) is 47.7 Å². The van der Waals surface area contributed by atoms with Crippen molar-refractivity contribution in [2.24, 2.45) is 5.92 Å². The topological polar surface area (TPSA) is 52.3 Å². The van der Waals surface area contributed by atoms with Crippen LogP contribution in [0.25, 0.3) is 0 Å². The Morgan fingerprint density at radius 3 is 2.60 bits per heavy atom. The molecular formula is C17H21NO2. The summed E-state index contributed by atoms with van der Waals surface area (Å²) in [6.07, 6.45) is 1.32. The number of hydrogen-bond acceptors (Lipinski definition) is 3. The van der Waals surface area contributed by atoms with E-state index in [0.29, 0.717) is 13.0 Å². The molecule has 20 heavy (non-hydrogen) atoms. The number of nitrogen functional groups attached to an aromatic ring is 1.